The molecule has 0 aromatic carbocycles. The number of aromatic nitrogens is 2. The number of aryl methyl sites for hydroxylation is 1. The summed E-state index contributed by atoms with van der Waals surface area (Å²) < 4.78 is 6.14. The Labute approximate surface area is 195 Å². The van der Waals surface area contributed by atoms with Crippen LogP contribution in [0.4, 0.5) is 5.88 Å². The molecule has 0 radical (unpaired) electrons. The van der Waals surface area contributed by atoms with E-state index in [9.17, 15) is 19.5 Å². The Hall–Kier alpha value is -1.70. The fourth-order valence-corrected chi connectivity index (χ4v) is 7.65. The van der Waals surface area contributed by atoms with E-state index in [1.165, 1.54) is 57.8 Å². The van der Waals surface area contributed by atoms with Gasteiger partial charge in [-0.15, -0.1) is 22.0 Å². The number of thioether (sulfide) groups is 3. The highest BCUT2D eigenvalue weighted by Gasteiger charge is 2.60. The molecule has 4 rings (SSSR count). The molecule has 13 heteroatoms. The fraction of sp³-hybridized carbons (Fsp3) is 0.500. The van der Waals surface area contributed by atoms with Crippen LogP contribution in [0.1, 0.15) is 5.01 Å². The van der Waals surface area contributed by atoms with Crippen molar-refractivity contribution in [2.24, 2.45) is 5.41 Å². The number of fused-ring (bicyclic) bond motifs is 1. The van der Waals surface area contributed by atoms with Crippen molar-refractivity contribution in [3.63, 3.8) is 0 Å². The number of hydrogen-bond acceptors (Lipinski definition) is 10. The monoisotopic (exact) mass is 500 g/mol. The number of β-lactam (4-membered cyclic amide) rings is 1. The molecule has 0 saturated carbocycles. The Bertz CT molecular complexity index is 984. The molecule has 1 N–H and O–H groups in total. The van der Waals surface area contributed by atoms with Crippen molar-refractivity contribution in [1.29, 1.82) is 0 Å². The number of nitrogens with zero attached hydrogens (tertiary/aromatic N) is 4. The van der Waals surface area contributed by atoms with Crippen LogP contribution in [0, 0.1) is 12.3 Å². The third-order valence-corrected chi connectivity index (χ3v) is 9.48. The van der Waals surface area contributed by atoms with E-state index in [0.29, 0.717) is 21.7 Å². The maximum Gasteiger partial charge on any atom is 0.313 e. The van der Waals surface area contributed by atoms with Gasteiger partial charge in [-0.25, -0.2) is 0 Å². The Balaban J connectivity index is 1.51. The molecule has 0 spiro atoms. The number of amides is 2. The number of carboxylic acids is 1. The zero-order chi connectivity index (χ0) is 22.2. The van der Waals surface area contributed by atoms with Crippen molar-refractivity contribution in [2.45, 2.75) is 22.7 Å². The lowest BCUT2D eigenvalue weighted by molar-refractivity contribution is -0.156. The molecule has 9 nitrogen and oxygen atoms in total. The average molecular weight is 501 g/mol. The summed E-state index contributed by atoms with van der Waals surface area (Å²) >= 11 is 5.54. The number of anilines is 1. The molecule has 2 fully saturated rings. The Morgan fingerprint density at radius 1 is 1.45 bits per heavy atom. The van der Waals surface area contributed by atoms with Gasteiger partial charge >= 0.3 is 5.97 Å². The summed E-state index contributed by atoms with van der Waals surface area (Å²) in [5, 5.41) is 18.5. The summed E-state index contributed by atoms with van der Waals surface area (Å²) in [6.07, 6.45) is 3.28. The van der Waals surface area contributed by atoms with Crippen LogP contribution in [-0.4, -0.2) is 79.5 Å². The minimum atomic E-state index is -1.09. The third-order valence-electron chi connectivity index (χ3n) is 5.11. The van der Waals surface area contributed by atoms with Gasteiger partial charge in [-0.2, -0.15) is 11.8 Å². The van der Waals surface area contributed by atoms with Gasteiger partial charge in [0.15, 0.2) is 4.34 Å². The summed E-state index contributed by atoms with van der Waals surface area (Å²) in [6, 6.07) is 2.64. The highest BCUT2D eigenvalue weighted by atomic mass is 32.2. The van der Waals surface area contributed by atoms with E-state index >= 15 is 0 Å². The molecule has 0 bridgehead atoms. The van der Waals surface area contributed by atoms with Gasteiger partial charge in [-0.3, -0.25) is 19.3 Å². The Morgan fingerprint density at radius 2 is 2.26 bits per heavy atom. The number of carbonyl (C=O) groups is 3. The third kappa shape index (κ3) is 4.20. The van der Waals surface area contributed by atoms with Gasteiger partial charge in [0.25, 0.3) is 0 Å². The highest BCUT2D eigenvalue weighted by molar-refractivity contribution is 8.01. The lowest BCUT2D eigenvalue weighted by atomic mass is 9.89. The van der Waals surface area contributed by atoms with Crippen molar-refractivity contribution in [3.05, 3.63) is 23.4 Å². The number of rotatable bonds is 8. The SMILES string of the molecule is CSCC(=O)N(c1ccco1)C1C(=O)N2CC(CSc3nnc(C)s3)(C(=O)O)CS[C@H]12. The smallest absolute Gasteiger partial charge is 0.313 e. The van der Waals surface area contributed by atoms with Crippen LogP contribution >= 0.6 is 46.6 Å². The normalized spacial score (nSPS) is 25.1. The molecule has 2 aromatic rings. The molecular formula is C18H20N4O5S4. The molecule has 2 aliphatic rings. The molecule has 3 atom stereocenters. The number of carbonyl (C=O) groups excluding carboxylic acids is 2. The lowest BCUT2D eigenvalue weighted by Crippen LogP contribution is -2.75. The second-order valence-corrected chi connectivity index (χ2v) is 11.6. The predicted molar refractivity (Wildman–Crippen MR) is 122 cm³/mol. The van der Waals surface area contributed by atoms with E-state index in [4.69, 9.17) is 4.42 Å². The average Bonchev–Trinajstić information content (AvgIpc) is 3.42. The van der Waals surface area contributed by atoms with Gasteiger partial charge in [-0.1, -0.05) is 23.1 Å². The quantitative estimate of drug-likeness (QED) is 0.427. The predicted octanol–water partition coefficient (Wildman–Crippen LogP) is 2.28. The largest absolute Gasteiger partial charge is 0.481 e. The summed E-state index contributed by atoms with van der Waals surface area (Å²) in [5.74, 6) is -0.235. The van der Waals surface area contributed by atoms with E-state index < -0.39 is 17.4 Å². The minimum Gasteiger partial charge on any atom is -0.481 e. The van der Waals surface area contributed by atoms with E-state index in [1.54, 1.807) is 17.0 Å². The first-order valence-corrected chi connectivity index (χ1v) is 13.5. The number of hydrogen-bond donors (Lipinski definition) is 1. The van der Waals surface area contributed by atoms with Crippen molar-refractivity contribution in [1.82, 2.24) is 15.1 Å². The molecule has 166 valence electrons. The second kappa shape index (κ2) is 9.04. The maximum atomic E-state index is 13.1. The Kier molecular flexibility index (Phi) is 6.56. The summed E-state index contributed by atoms with van der Waals surface area (Å²) in [5.41, 5.74) is -1.09. The lowest BCUT2D eigenvalue weighted by Gasteiger charge is -2.55. The first-order valence-electron chi connectivity index (χ1n) is 9.29. The molecule has 0 aliphatic carbocycles. The van der Waals surface area contributed by atoms with Crippen molar-refractivity contribution < 1.29 is 23.9 Å². The van der Waals surface area contributed by atoms with Crippen molar-refractivity contribution in [3.8, 4) is 0 Å². The highest BCUT2D eigenvalue weighted by Crippen LogP contribution is 2.46. The molecule has 2 saturated heterocycles. The van der Waals surface area contributed by atoms with E-state index in [0.717, 1.165) is 5.01 Å². The Morgan fingerprint density at radius 3 is 2.87 bits per heavy atom. The molecule has 4 heterocycles. The van der Waals surface area contributed by atoms with Crippen LogP contribution < -0.4 is 4.90 Å². The van der Waals surface area contributed by atoms with Gasteiger partial charge in [0, 0.05) is 24.1 Å². The van der Waals surface area contributed by atoms with Crippen LogP contribution in [-0.2, 0) is 14.4 Å². The first-order chi connectivity index (χ1) is 14.9. The van der Waals surface area contributed by atoms with Crippen LogP contribution in [0.5, 0.6) is 0 Å². The van der Waals surface area contributed by atoms with Gasteiger partial charge < -0.3 is 14.4 Å². The molecule has 2 unspecified atom stereocenters. The van der Waals surface area contributed by atoms with Gasteiger partial charge in [-0.05, 0) is 19.2 Å². The first kappa shape index (κ1) is 22.5. The molecule has 31 heavy (non-hydrogen) atoms. The summed E-state index contributed by atoms with van der Waals surface area (Å²) in [7, 11) is 0. The van der Waals surface area contributed by atoms with E-state index in [1.807, 2.05) is 13.2 Å². The summed E-state index contributed by atoms with van der Waals surface area (Å²) in [6.45, 7) is 1.95. The van der Waals surface area contributed by atoms with Crippen LogP contribution in [0.2, 0.25) is 0 Å². The van der Waals surface area contributed by atoms with Gasteiger partial charge in [0.2, 0.25) is 17.7 Å². The van der Waals surface area contributed by atoms with Crippen LogP contribution in [0.15, 0.2) is 27.2 Å². The second-order valence-electron chi connectivity index (χ2n) is 7.22. The van der Waals surface area contributed by atoms with Crippen LogP contribution in [0.3, 0.4) is 0 Å². The zero-order valence-corrected chi connectivity index (χ0v) is 20.0. The van der Waals surface area contributed by atoms with Crippen molar-refractivity contribution >= 4 is 70.3 Å². The number of furan rings is 1. The molecular weight excluding hydrogens is 480 g/mol. The number of carboxylic acid groups (broad SMARTS) is 1. The summed E-state index contributed by atoms with van der Waals surface area (Å²) in [4.78, 5) is 41.0. The molecule has 2 amide bonds. The van der Waals surface area contributed by atoms with E-state index in [-0.39, 0.29) is 29.5 Å². The van der Waals surface area contributed by atoms with E-state index in [2.05, 4.69) is 10.2 Å². The van der Waals surface area contributed by atoms with Gasteiger partial charge in [0.1, 0.15) is 21.8 Å². The van der Waals surface area contributed by atoms with Gasteiger partial charge in [0.05, 0.1) is 12.0 Å². The van der Waals surface area contributed by atoms with Crippen LogP contribution in [0.25, 0.3) is 0 Å². The fourth-order valence-electron chi connectivity index (χ4n) is 3.54. The molecule has 2 aliphatic heterocycles. The van der Waals surface area contributed by atoms with Crippen molar-refractivity contribution in [2.75, 3.05) is 35.0 Å². The zero-order valence-electron chi connectivity index (χ0n) is 16.7. The minimum absolute atomic E-state index is 0.100. The molecule has 2 aromatic heterocycles. The number of aliphatic carboxylic acids is 1. The topological polar surface area (TPSA) is 117 Å². The maximum absolute atomic E-state index is 13.1. The standard InChI is InChI=1S/C18H20N4O5S4/c1-10-19-20-17(31-10)30-9-18(16(25)26)7-21-14(24)13(15(21)29-8-18)22(11(23)6-28-2)12-4-3-5-27-12/h3-5,13,15H,6-9H2,1-2H3,(H,25,26)/t13?,15-,18?/m1/s1.